The van der Waals surface area contributed by atoms with E-state index in [0.29, 0.717) is 4.75 Å². The van der Waals surface area contributed by atoms with Crippen LogP contribution in [0.2, 0.25) is 0 Å². The standard InChI is InChI=1S/C13H21N3S/c1-4-14-11-6-5-7-12(15-11)16-8-9-17-13(2,3)10-16/h5-7H,4,8-10H2,1-3H3,(H,14,15). The molecule has 1 aliphatic heterocycles. The lowest BCUT2D eigenvalue weighted by Crippen LogP contribution is -2.43. The summed E-state index contributed by atoms with van der Waals surface area (Å²) in [5.41, 5.74) is 0. The lowest BCUT2D eigenvalue weighted by atomic mass is 10.2. The summed E-state index contributed by atoms with van der Waals surface area (Å²) in [4.78, 5) is 7.04. The van der Waals surface area contributed by atoms with Crippen LogP contribution >= 0.6 is 11.8 Å². The van der Waals surface area contributed by atoms with Crippen LogP contribution in [0.15, 0.2) is 18.2 Å². The minimum atomic E-state index is 0.327. The molecule has 1 aromatic rings. The molecule has 0 unspecified atom stereocenters. The predicted molar refractivity (Wildman–Crippen MR) is 77.2 cm³/mol. The fourth-order valence-electron chi connectivity index (χ4n) is 2.09. The summed E-state index contributed by atoms with van der Waals surface area (Å²) < 4.78 is 0.327. The highest BCUT2D eigenvalue weighted by atomic mass is 32.2. The third-order valence-electron chi connectivity index (χ3n) is 2.84. The van der Waals surface area contributed by atoms with Crippen LogP contribution in [0, 0.1) is 0 Å². The summed E-state index contributed by atoms with van der Waals surface area (Å²) in [6.45, 7) is 9.78. The van der Waals surface area contributed by atoms with Gasteiger partial charge in [0.2, 0.25) is 0 Å². The number of nitrogens with one attached hydrogen (secondary N) is 1. The van der Waals surface area contributed by atoms with E-state index < -0.39 is 0 Å². The van der Waals surface area contributed by atoms with E-state index in [9.17, 15) is 0 Å². The quantitative estimate of drug-likeness (QED) is 0.894. The largest absolute Gasteiger partial charge is 0.370 e. The minimum absolute atomic E-state index is 0.327. The Balaban J connectivity index is 2.13. The Kier molecular flexibility index (Phi) is 3.82. The minimum Gasteiger partial charge on any atom is -0.370 e. The third kappa shape index (κ3) is 3.28. The number of hydrogen-bond acceptors (Lipinski definition) is 4. The molecule has 2 rings (SSSR count). The van der Waals surface area contributed by atoms with Crippen molar-refractivity contribution in [2.45, 2.75) is 25.5 Å². The highest BCUT2D eigenvalue weighted by molar-refractivity contribution is 8.00. The van der Waals surface area contributed by atoms with Gasteiger partial charge < -0.3 is 10.2 Å². The van der Waals surface area contributed by atoms with Crippen LogP contribution in [0.5, 0.6) is 0 Å². The Morgan fingerprint density at radius 1 is 1.47 bits per heavy atom. The maximum Gasteiger partial charge on any atom is 0.131 e. The second kappa shape index (κ2) is 5.17. The molecule has 1 aromatic heterocycles. The number of aromatic nitrogens is 1. The molecular weight excluding hydrogens is 230 g/mol. The molecule has 0 aromatic carbocycles. The van der Waals surface area contributed by atoms with Gasteiger partial charge in [0.05, 0.1) is 0 Å². The van der Waals surface area contributed by atoms with Gasteiger partial charge >= 0.3 is 0 Å². The van der Waals surface area contributed by atoms with E-state index in [0.717, 1.165) is 31.3 Å². The highest BCUT2D eigenvalue weighted by Crippen LogP contribution is 2.31. The summed E-state index contributed by atoms with van der Waals surface area (Å²) in [6, 6.07) is 6.21. The van der Waals surface area contributed by atoms with E-state index in [4.69, 9.17) is 0 Å². The van der Waals surface area contributed by atoms with Gasteiger partial charge in [-0.25, -0.2) is 4.98 Å². The van der Waals surface area contributed by atoms with Gasteiger partial charge in [0.1, 0.15) is 11.6 Å². The number of rotatable bonds is 3. The van der Waals surface area contributed by atoms with E-state index in [-0.39, 0.29) is 0 Å². The molecule has 0 radical (unpaired) electrons. The summed E-state index contributed by atoms with van der Waals surface area (Å²) in [5.74, 6) is 3.25. The predicted octanol–water partition coefficient (Wildman–Crippen LogP) is 2.85. The van der Waals surface area contributed by atoms with E-state index in [1.807, 2.05) is 17.8 Å². The average Bonchev–Trinajstić information content (AvgIpc) is 2.28. The molecule has 1 N–H and O–H groups in total. The van der Waals surface area contributed by atoms with Crippen LogP contribution in [0.25, 0.3) is 0 Å². The van der Waals surface area contributed by atoms with E-state index >= 15 is 0 Å². The van der Waals surface area contributed by atoms with Crippen molar-refractivity contribution in [3.63, 3.8) is 0 Å². The van der Waals surface area contributed by atoms with E-state index in [2.05, 4.69) is 48.1 Å². The van der Waals surface area contributed by atoms with Gasteiger partial charge in [0.25, 0.3) is 0 Å². The third-order valence-corrected chi connectivity index (χ3v) is 4.14. The molecular formula is C13H21N3S. The Bertz CT molecular complexity index is 379. The molecule has 0 saturated carbocycles. The summed E-state index contributed by atoms with van der Waals surface area (Å²) in [5, 5.41) is 3.26. The maximum atomic E-state index is 4.66. The van der Waals surface area contributed by atoms with Crippen LogP contribution < -0.4 is 10.2 Å². The summed E-state index contributed by atoms with van der Waals surface area (Å²) in [7, 11) is 0. The van der Waals surface area contributed by atoms with E-state index in [1.54, 1.807) is 0 Å². The van der Waals surface area contributed by atoms with Gasteiger partial charge in [0.15, 0.2) is 0 Å². The average molecular weight is 251 g/mol. The molecule has 3 nitrogen and oxygen atoms in total. The molecule has 0 spiro atoms. The normalized spacial score (nSPS) is 19.1. The number of hydrogen-bond donors (Lipinski definition) is 1. The molecule has 1 fully saturated rings. The van der Waals surface area contributed by atoms with Crippen LogP contribution in [-0.2, 0) is 0 Å². The zero-order valence-corrected chi connectivity index (χ0v) is 11.7. The summed E-state index contributed by atoms with van der Waals surface area (Å²) in [6.07, 6.45) is 0. The molecule has 0 atom stereocenters. The first kappa shape index (κ1) is 12.6. The highest BCUT2D eigenvalue weighted by Gasteiger charge is 2.27. The van der Waals surface area contributed by atoms with Crippen molar-refractivity contribution in [1.29, 1.82) is 0 Å². The van der Waals surface area contributed by atoms with Crippen molar-refractivity contribution in [1.82, 2.24) is 4.98 Å². The van der Waals surface area contributed by atoms with Gasteiger partial charge in [-0.3, -0.25) is 0 Å². The van der Waals surface area contributed by atoms with Crippen LogP contribution in [0.1, 0.15) is 20.8 Å². The van der Waals surface area contributed by atoms with Crippen molar-refractivity contribution in [3.8, 4) is 0 Å². The Labute approximate surface area is 108 Å². The van der Waals surface area contributed by atoms with Crippen molar-refractivity contribution in [2.24, 2.45) is 0 Å². The Morgan fingerprint density at radius 2 is 2.29 bits per heavy atom. The van der Waals surface area contributed by atoms with Gasteiger partial charge in [-0.05, 0) is 32.9 Å². The zero-order chi connectivity index (χ0) is 12.3. The summed E-state index contributed by atoms with van der Waals surface area (Å²) >= 11 is 2.05. The topological polar surface area (TPSA) is 28.2 Å². The smallest absolute Gasteiger partial charge is 0.131 e. The number of anilines is 2. The maximum absolute atomic E-state index is 4.66. The molecule has 1 aliphatic rings. The SMILES string of the molecule is CCNc1cccc(N2CCSC(C)(C)C2)n1. The Hall–Kier alpha value is -0.900. The van der Waals surface area contributed by atoms with Gasteiger partial charge in [0, 0.05) is 30.1 Å². The van der Waals surface area contributed by atoms with Crippen molar-refractivity contribution in [3.05, 3.63) is 18.2 Å². The van der Waals surface area contributed by atoms with Crippen LogP contribution in [0.3, 0.4) is 0 Å². The first-order valence-electron chi connectivity index (χ1n) is 6.20. The lowest BCUT2D eigenvalue weighted by Gasteiger charge is -2.38. The molecule has 17 heavy (non-hydrogen) atoms. The Morgan fingerprint density at radius 3 is 3.00 bits per heavy atom. The van der Waals surface area contributed by atoms with Gasteiger partial charge in [-0.15, -0.1) is 0 Å². The van der Waals surface area contributed by atoms with Crippen LogP contribution in [-0.4, -0.2) is 35.1 Å². The first-order valence-corrected chi connectivity index (χ1v) is 7.19. The first-order chi connectivity index (χ1) is 8.11. The molecule has 0 aliphatic carbocycles. The zero-order valence-electron chi connectivity index (χ0n) is 10.9. The molecule has 4 heteroatoms. The number of pyridine rings is 1. The molecule has 0 bridgehead atoms. The fraction of sp³-hybridized carbons (Fsp3) is 0.615. The second-order valence-electron chi connectivity index (χ2n) is 4.94. The van der Waals surface area contributed by atoms with E-state index in [1.165, 1.54) is 5.75 Å². The van der Waals surface area contributed by atoms with Crippen LogP contribution in [0.4, 0.5) is 11.6 Å². The number of thioether (sulfide) groups is 1. The van der Waals surface area contributed by atoms with Crippen molar-refractivity contribution in [2.75, 3.05) is 35.6 Å². The molecule has 1 saturated heterocycles. The monoisotopic (exact) mass is 251 g/mol. The van der Waals surface area contributed by atoms with Gasteiger partial charge in [-0.2, -0.15) is 11.8 Å². The fourth-order valence-corrected chi connectivity index (χ4v) is 3.20. The molecule has 2 heterocycles. The number of nitrogens with zero attached hydrogens (tertiary/aromatic N) is 2. The molecule has 94 valence electrons. The van der Waals surface area contributed by atoms with Crippen molar-refractivity contribution >= 4 is 23.4 Å². The molecule has 0 amide bonds. The lowest BCUT2D eigenvalue weighted by molar-refractivity contribution is 0.642. The van der Waals surface area contributed by atoms with Gasteiger partial charge in [-0.1, -0.05) is 6.07 Å². The van der Waals surface area contributed by atoms with Crippen molar-refractivity contribution < 1.29 is 0 Å². The second-order valence-corrected chi connectivity index (χ2v) is 6.74.